The summed E-state index contributed by atoms with van der Waals surface area (Å²) in [6, 6.07) is 4.68. The van der Waals surface area contributed by atoms with E-state index in [2.05, 4.69) is 9.82 Å². The smallest absolute Gasteiger partial charge is 0.290 e. The minimum Gasteiger partial charge on any atom is -0.468 e. The predicted molar refractivity (Wildman–Crippen MR) is 77.9 cm³/mol. The van der Waals surface area contributed by atoms with Crippen molar-refractivity contribution in [1.29, 1.82) is 0 Å². The molecule has 3 rings (SSSR count). The largest absolute Gasteiger partial charge is 0.468 e. The van der Waals surface area contributed by atoms with Crippen LogP contribution in [0.2, 0.25) is 0 Å². The zero-order chi connectivity index (χ0) is 15.9. The Morgan fingerprint density at radius 1 is 1.41 bits per heavy atom. The quantitative estimate of drug-likeness (QED) is 0.750. The molecule has 0 saturated heterocycles. The average Bonchev–Trinajstić information content (AvgIpc) is 3.12. The van der Waals surface area contributed by atoms with Crippen LogP contribution in [0.15, 0.2) is 44.8 Å². The number of nitrogens with zero attached hydrogens (tertiary/aromatic N) is 3. The number of hydrogen-bond donors (Lipinski definition) is 1. The maximum absolute atomic E-state index is 12.3. The van der Waals surface area contributed by atoms with E-state index in [-0.39, 0.29) is 22.5 Å². The summed E-state index contributed by atoms with van der Waals surface area (Å²) in [5.74, 6) is 1.02. The molecule has 3 aromatic heterocycles. The summed E-state index contributed by atoms with van der Waals surface area (Å²) in [5.41, 5.74) is -0.105. The zero-order valence-corrected chi connectivity index (χ0v) is 12.8. The summed E-state index contributed by atoms with van der Waals surface area (Å²) >= 11 is 0. The summed E-state index contributed by atoms with van der Waals surface area (Å²) in [6.07, 6.45) is 2.85. The molecule has 116 valence electrons. The molecule has 0 radical (unpaired) electrons. The molecule has 8 nitrogen and oxygen atoms in total. The van der Waals surface area contributed by atoms with Crippen LogP contribution in [0.5, 0.6) is 0 Å². The zero-order valence-electron chi connectivity index (χ0n) is 12.0. The van der Waals surface area contributed by atoms with E-state index in [0.29, 0.717) is 11.6 Å². The fourth-order valence-electron chi connectivity index (χ4n) is 2.16. The van der Waals surface area contributed by atoms with Gasteiger partial charge in [0.2, 0.25) is 10.0 Å². The van der Waals surface area contributed by atoms with Crippen LogP contribution in [-0.4, -0.2) is 22.6 Å². The summed E-state index contributed by atoms with van der Waals surface area (Å²) < 4.78 is 34.8. The lowest BCUT2D eigenvalue weighted by Crippen LogP contribution is -2.22. The van der Waals surface area contributed by atoms with Crippen LogP contribution in [0, 0.1) is 6.92 Å². The van der Waals surface area contributed by atoms with Crippen LogP contribution >= 0.6 is 0 Å². The highest BCUT2D eigenvalue weighted by Crippen LogP contribution is 2.14. The molecule has 9 heteroatoms. The second kappa shape index (κ2) is 5.11. The monoisotopic (exact) mass is 322 g/mol. The van der Waals surface area contributed by atoms with Crippen LogP contribution in [0.3, 0.4) is 0 Å². The maximum Gasteiger partial charge on any atom is 0.290 e. The Labute approximate surface area is 126 Å². The third-order valence-electron chi connectivity index (χ3n) is 3.28. The van der Waals surface area contributed by atoms with Crippen molar-refractivity contribution in [2.45, 2.75) is 18.4 Å². The van der Waals surface area contributed by atoms with Crippen molar-refractivity contribution < 1.29 is 12.8 Å². The predicted octanol–water partition coefficient (Wildman–Crippen LogP) is 0.413. The van der Waals surface area contributed by atoms with Crippen molar-refractivity contribution in [3.8, 4) is 0 Å². The van der Waals surface area contributed by atoms with Gasteiger partial charge in [-0.05, 0) is 25.1 Å². The Bertz CT molecular complexity index is 983. The molecule has 0 amide bonds. The SMILES string of the molecule is Cc1nn(C)c(=O)c2cc(S(=O)(=O)NCc3ccco3)cn12. The molecular weight excluding hydrogens is 308 g/mol. The second-order valence-corrected chi connectivity index (χ2v) is 6.58. The number of fused-ring (bicyclic) bond motifs is 1. The van der Waals surface area contributed by atoms with E-state index in [4.69, 9.17) is 4.42 Å². The van der Waals surface area contributed by atoms with Gasteiger partial charge in [0.25, 0.3) is 5.56 Å². The van der Waals surface area contributed by atoms with Gasteiger partial charge in [-0.3, -0.25) is 9.20 Å². The molecule has 3 aromatic rings. The van der Waals surface area contributed by atoms with Gasteiger partial charge in [-0.15, -0.1) is 0 Å². The van der Waals surface area contributed by atoms with Crippen molar-refractivity contribution in [2.24, 2.45) is 7.05 Å². The molecule has 0 aromatic carbocycles. The number of nitrogens with one attached hydrogen (secondary N) is 1. The van der Waals surface area contributed by atoms with E-state index in [0.717, 1.165) is 0 Å². The van der Waals surface area contributed by atoms with E-state index in [1.165, 1.54) is 34.7 Å². The molecule has 0 aliphatic carbocycles. The van der Waals surface area contributed by atoms with Gasteiger partial charge < -0.3 is 4.42 Å². The lowest BCUT2D eigenvalue weighted by atomic mass is 10.5. The Balaban J connectivity index is 2.00. The molecular formula is C13H14N4O4S. The molecule has 0 bridgehead atoms. The second-order valence-electron chi connectivity index (χ2n) is 4.81. The van der Waals surface area contributed by atoms with Gasteiger partial charge >= 0.3 is 0 Å². The number of sulfonamides is 1. The van der Waals surface area contributed by atoms with Crippen LogP contribution in [0.1, 0.15) is 11.6 Å². The molecule has 0 aliphatic heterocycles. The Morgan fingerprint density at radius 2 is 2.18 bits per heavy atom. The van der Waals surface area contributed by atoms with Crippen LogP contribution in [0.25, 0.3) is 5.52 Å². The van der Waals surface area contributed by atoms with Crippen molar-refractivity contribution >= 4 is 15.5 Å². The average molecular weight is 322 g/mol. The molecule has 0 spiro atoms. The highest BCUT2D eigenvalue weighted by molar-refractivity contribution is 7.89. The lowest BCUT2D eigenvalue weighted by molar-refractivity contribution is 0.498. The van der Waals surface area contributed by atoms with Gasteiger partial charge in [0, 0.05) is 13.2 Å². The summed E-state index contributed by atoms with van der Waals surface area (Å²) in [5, 5.41) is 4.02. The summed E-state index contributed by atoms with van der Waals surface area (Å²) in [7, 11) is -2.23. The fraction of sp³-hybridized carbons (Fsp3) is 0.231. The first-order valence-corrected chi connectivity index (χ1v) is 7.95. The normalized spacial score (nSPS) is 12.1. The van der Waals surface area contributed by atoms with Crippen molar-refractivity contribution in [3.63, 3.8) is 0 Å². The number of aryl methyl sites for hydroxylation is 2. The molecule has 0 atom stereocenters. The molecule has 1 N–H and O–H groups in total. The van der Waals surface area contributed by atoms with Gasteiger partial charge in [-0.1, -0.05) is 0 Å². The minimum atomic E-state index is -3.75. The van der Waals surface area contributed by atoms with Crippen molar-refractivity contribution in [1.82, 2.24) is 18.9 Å². The Kier molecular flexibility index (Phi) is 3.38. The van der Waals surface area contributed by atoms with E-state index in [1.54, 1.807) is 19.1 Å². The Morgan fingerprint density at radius 3 is 2.86 bits per heavy atom. The number of rotatable bonds is 4. The van der Waals surface area contributed by atoms with E-state index >= 15 is 0 Å². The Hall–Kier alpha value is -2.39. The number of aromatic nitrogens is 3. The molecule has 0 aliphatic rings. The third-order valence-corrected chi connectivity index (χ3v) is 4.65. The first-order chi connectivity index (χ1) is 10.4. The van der Waals surface area contributed by atoms with Gasteiger partial charge in [-0.2, -0.15) is 5.10 Å². The molecule has 0 saturated carbocycles. The van der Waals surface area contributed by atoms with E-state index in [1.807, 2.05) is 0 Å². The summed E-state index contributed by atoms with van der Waals surface area (Å²) in [6.45, 7) is 1.73. The van der Waals surface area contributed by atoms with Gasteiger partial charge in [0.1, 0.15) is 22.0 Å². The van der Waals surface area contributed by atoms with Crippen molar-refractivity contribution in [2.75, 3.05) is 0 Å². The first-order valence-electron chi connectivity index (χ1n) is 6.46. The van der Waals surface area contributed by atoms with Crippen molar-refractivity contribution in [3.05, 3.63) is 52.6 Å². The topological polar surface area (TPSA) is 98.6 Å². The highest BCUT2D eigenvalue weighted by atomic mass is 32.2. The van der Waals surface area contributed by atoms with Crippen LogP contribution in [0.4, 0.5) is 0 Å². The molecule has 0 fully saturated rings. The highest BCUT2D eigenvalue weighted by Gasteiger charge is 2.19. The maximum atomic E-state index is 12.3. The fourth-order valence-corrected chi connectivity index (χ4v) is 3.17. The number of hydrogen-bond acceptors (Lipinski definition) is 5. The molecule has 3 heterocycles. The molecule has 22 heavy (non-hydrogen) atoms. The van der Waals surface area contributed by atoms with E-state index < -0.39 is 10.0 Å². The van der Waals surface area contributed by atoms with Crippen LogP contribution < -0.4 is 10.3 Å². The summed E-state index contributed by atoms with van der Waals surface area (Å²) in [4.78, 5) is 12.0. The molecule has 0 unspecified atom stereocenters. The first kappa shape index (κ1) is 14.5. The van der Waals surface area contributed by atoms with Gasteiger partial charge in [0.05, 0.1) is 12.8 Å². The standard InChI is InChI=1S/C13H14N4O4S/c1-9-15-16(2)13(18)12-6-11(8-17(9)12)22(19,20)14-7-10-4-3-5-21-10/h3-6,8,14H,7H2,1-2H3. The minimum absolute atomic E-state index is 0.00672. The van der Waals surface area contributed by atoms with Gasteiger partial charge in [0.15, 0.2) is 0 Å². The third kappa shape index (κ3) is 2.44. The van der Waals surface area contributed by atoms with Gasteiger partial charge in [-0.25, -0.2) is 17.8 Å². The lowest BCUT2D eigenvalue weighted by Gasteiger charge is -2.02. The number of furan rings is 1. The van der Waals surface area contributed by atoms with E-state index in [9.17, 15) is 13.2 Å². The van der Waals surface area contributed by atoms with Crippen LogP contribution in [-0.2, 0) is 23.6 Å².